The van der Waals surface area contributed by atoms with Crippen LogP contribution in [0.25, 0.3) is 0 Å². The van der Waals surface area contributed by atoms with Gasteiger partial charge in [0.25, 0.3) is 0 Å². The Morgan fingerprint density at radius 2 is 2.24 bits per heavy atom. The molecule has 6 nitrogen and oxygen atoms in total. The fourth-order valence-corrected chi connectivity index (χ4v) is 2.80. The van der Waals surface area contributed by atoms with Crippen LogP contribution in [-0.2, 0) is 0 Å². The van der Waals surface area contributed by atoms with Crippen LogP contribution >= 0.6 is 0 Å². The second-order valence-electron chi connectivity index (χ2n) is 6.12. The summed E-state index contributed by atoms with van der Waals surface area (Å²) in [6, 6.07) is 5.34. The number of anilines is 1. The molecular formula is C15H23N3O3. The molecule has 0 bridgehead atoms. The number of rotatable bonds is 4. The summed E-state index contributed by atoms with van der Waals surface area (Å²) >= 11 is 0. The summed E-state index contributed by atoms with van der Waals surface area (Å²) in [7, 11) is 0. The zero-order valence-corrected chi connectivity index (χ0v) is 12.8. The van der Waals surface area contributed by atoms with Crippen LogP contribution in [0.1, 0.15) is 27.2 Å². The first-order valence-electron chi connectivity index (χ1n) is 7.27. The third kappa shape index (κ3) is 3.10. The van der Waals surface area contributed by atoms with Crippen molar-refractivity contribution in [2.75, 3.05) is 24.6 Å². The van der Waals surface area contributed by atoms with Crippen molar-refractivity contribution in [2.45, 2.75) is 33.2 Å². The summed E-state index contributed by atoms with van der Waals surface area (Å²) in [5.41, 5.74) is 6.73. The van der Waals surface area contributed by atoms with Crippen molar-refractivity contribution in [3.63, 3.8) is 0 Å². The predicted octanol–water partition coefficient (Wildman–Crippen LogP) is 2.56. The van der Waals surface area contributed by atoms with Gasteiger partial charge >= 0.3 is 5.69 Å². The van der Waals surface area contributed by atoms with Gasteiger partial charge in [-0.2, -0.15) is 0 Å². The average molecular weight is 293 g/mol. The Morgan fingerprint density at radius 1 is 1.52 bits per heavy atom. The van der Waals surface area contributed by atoms with Gasteiger partial charge in [0.2, 0.25) is 0 Å². The van der Waals surface area contributed by atoms with E-state index in [-0.39, 0.29) is 22.1 Å². The number of piperidine rings is 1. The number of nitro benzene ring substituents is 1. The number of nitrogens with zero attached hydrogens (tertiary/aromatic N) is 2. The molecule has 21 heavy (non-hydrogen) atoms. The smallest absolute Gasteiger partial charge is 0.333 e. The molecule has 1 atom stereocenters. The Morgan fingerprint density at radius 3 is 2.81 bits per heavy atom. The summed E-state index contributed by atoms with van der Waals surface area (Å²) in [6.07, 6.45) is 0.822. The van der Waals surface area contributed by atoms with Gasteiger partial charge in [-0.15, -0.1) is 0 Å². The fraction of sp³-hybridized carbons (Fsp3) is 0.600. The second kappa shape index (κ2) is 5.89. The molecule has 0 amide bonds. The van der Waals surface area contributed by atoms with E-state index in [1.54, 1.807) is 18.2 Å². The van der Waals surface area contributed by atoms with E-state index >= 15 is 0 Å². The van der Waals surface area contributed by atoms with Gasteiger partial charge < -0.3 is 15.4 Å². The molecule has 1 aliphatic rings. The minimum Gasteiger partial charge on any atom is -0.487 e. The number of ether oxygens (including phenoxy) is 1. The van der Waals surface area contributed by atoms with Gasteiger partial charge in [0.1, 0.15) is 5.69 Å². The van der Waals surface area contributed by atoms with Crippen molar-refractivity contribution in [1.29, 1.82) is 0 Å². The lowest BCUT2D eigenvalue weighted by atomic mass is 9.79. The molecule has 1 aromatic carbocycles. The summed E-state index contributed by atoms with van der Waals surface area (Å²) in [4.78, 5) is 13.1. The number of para-hydroxylation sites is 1. The van der Waals surface area contributed by atoms with Crippen LogP contribution in [0.4, 0.5) is 11.4 Å². The Labute approximate surface area is 125 Å². The predicted molar refractivity (Wildman–Crippen MR) is 82.9 cm³/mol. The minimum absolute atomic E-state index is 0.0469. The van der Waals surface area contributed by atoms with E-state index in [0.717, 1.165) is 13.0 Å². The van der Waals surface area contributed by atoms with E-state index in [4.69, 9.17) is 10.5 Å². The van der Waals surface area contributed by atoms with E-state index in [0.29, 0.717) is 24.6 Å². The molecule has 0 saturated carbocycles. The van der Waals surface area contributed by atoms with Crippen LogP contribution in [0.5, 0.6) is 5.75 Å². The summed E-state index contributed by atoms with van der Waals surface area (Å²) in [5.74, 6) is 0.327. The molecule has 1 heterocycles. The normalized spacial score (nSPS) is 21.1. The van der Waals surface area contributed by atoms with Crippen molar-refractivity contribution in [3.8, 4) is 5.75 Å². The van der Waals surface area contributed by atoms with Crippen LogP contribution in [0, 0.1) is 15.5 Å². The molecule has 2 N–H and O–H groups in total. The van der Waals surface area contributed by atoms with Gasteiger partial charge in [0.15, 0.2) is 5.75 Å². The largest absolute Gasteiger partial charge is 0.487 e. The molecule has 1 fully saturated rings. The first-order valence-corrected chi connectivity index (χ1v) is 7.27. The van der Waals surface area contributed by atoms with E-state index in [1.807, 2.05) is 11.8 Å². The van der Waals surface area contributed by atoms with Crippen molar-refractivity contribution >= 4 is 11.4 Å². The highest BCUT2D eigenvalue weighted by Crippen LogP contribution is 2.40. The van der Waals surface area contributed by atoms with Crippen LogP contribution in [-0.4, -0.2) is 30.7 Å². The number of hydrogen-bond acceptors (Lipinski definition) is 5. The van der Waals surface area contributed by atoms with E-state index in [9.17, 15) is 10.1 Å². The quantitative estimate of drug-likeness (QED) is 0.681. The molecule has 1 unspecified atom stereocenters. The van der Waals surface area contributed by atoms with Gasteiger partial charge in [-0.1, -0.05) is 19.9 Å². The lowest BCUT2D eigenvalue weighted by molar-refractivity contribution is -0.385. The third-order valence-corrected chi connectivity index (χ3v) is 4.11. The molecule has 1 aromatic rings. The van der Waals surface area contributed by atoms with Gasteiger partial charge in [-0.05, 0) is 30.9 Å². The van der Waals surface area contributed by atoms with Crippen molar-refractivity contribution in [3.05, 3.63) is 28.3 Å². The molecule has 2 rings (SSSR count). The SMILES string of the molecule is CCOc1cccc(N2CCC(N)C(C)(C)C2)c1[N+](=O)[O-]. The molecule has 116 valence electrons. The second-order valence-corrected chi connectivity index (χ2v) is 6.12. The number of nitrogens with two attached hydrogens (primary N) is 1. The molecule has 0 aliphatic carbocycles. The molecular weight excluding hydrogens is 270 g/mol. The van der Waals surface area contributed by atoms with E-state index in [1.165, 1.54) is 0 Å². The van der Waals surface area contributed by atoms with Crippen LogP contribution in [0.2, 0.25) is 0 Å². The van der Waals surface area contributed by atoms with Crippen molar-refractivity contribution < 1.29 is 9.66 Å². The van der Waals surface area contributed by atoms with Crippen molar-refractivity contribution in [2.24, 2.45) is 11.1 Å². The average Bonchev–Trinajstić information content (AvgIpc) is 2.41. The van der Waals surface area contributed by atoms with Gasteiger partial charge in [0.05, 0.1) is 11.5 Å². The summed E-state index contributed by atoms with van der Waals surface area (Å²) < 4.78 is 5.41. The number of nitro groups is 1. The molecule has 0 spiro atoms. The monoisotopic (exact) mass is 293 g/mol. The van der Waals surface area contributed by atoms with Crippen LogP contribution in [0.15, 0.2) is 18.2 Å². The first-order chi connectivity index (χ1) is 9.86. The third-order valence-electron chi connectivity index (χ3n) is 4.11. The Hall–Kier alpha value is -1.82. The summed E-state index contributed by atoms with van der Waals surface area (Å²) in [5, 5.41) is 11.5. The number of hydrogen-bond donors (Lipinski definition) is 1. The highest BCUT2D eigenvalue weighted by atomic mass is 16.6. The number of benzene rings is 1. The standard InChI is InChI=1S/C15H23N3O3/c1-4-21-12-7-5-6-11(14(12)18(19)20)17-9-8-13(16)15(2,3)10-17/h5-7,13H,4,8-10,16H2,1-3H3. The molecule has 1 aliphatic heterocycles. The molecule has 0 radical (unpaired) electrons. The van der Waals surface area contributed by atoms with Crippen LogP contribution in [0.3, 0.4) is 0 Å². The Bertz CT molecular complexity index is 531. The van der Waals surface area contributed by atoms with Gasteiger partial charge in [0, 0.05) is 19.1 Å². The molecule has 1 saturated heterocycles. The lowest BCUT2D eigenvalue weighted by Crippen LogP contribution is -2.52. The minimum atomic E-state index is -0.359. The maximum absolute atomic E-state index is 11.5. The van der Waals surface area contributed by atoms with Gasteiger partial charge in [-0.25, -0.2) is 0 Å². The fourth-order valence-electron chi connectivity index (χ4n) is 2.80. The maximum atomic E-state index is 11.5. The first kappa shape index (κ1) is 15.6. The molecule has 0 aromatic heterocycles. The van der Waals surface area contributed by atoms with E-state index < -0.39 is 0 Å². The zero-order valence-electron chi connectivity index (χ0n) is 12.8. The Balaban J connectivity index is 2.39. The lowest BCUT2D eigenvalue weighted by Gasteiger charge is -2.43. The van der Waals surface area contributed by atoms with Crippen molar-refractivity contribution in [1.82, 2.24) is 0 Å². The highest BCUT2D eigenvalue weighted by molar-refractivity contribution is 5.70. The van der Waals surface area contributed by atoms with Crippen LogP contribution < -0.4 is 15.4 Å². The van der Waals surface area contributed by atoms with E-state index in [2.05, 4.69) is 13.8 Å². The Kier molecular flexibility index (Phi) is 4.37. The highest BCUT2D eigenvalue weighted by Gasteiger charge is 2.36. The van der Waals surface area contributed by atoms with Gasteiger partial charge in [-0.3, -0.25) is 10.1 Å². The topological polar surface area (TPSA) is 81.6 Å². The zero-order chi connectivity index (χ0) is 15.6. The molecule has 6 heteroatoms. The summed E-state index contributed by atoms with van der Waals surface area (Å²) in [6.45, 7) is 7.84. The maximum Gasteiger partial charge on any atom is 0.333 e.